The Morgan fingerprint density at radius 3 is 2.56 bits per heavy atom. The summed E-state index contributed by atoms with van der Waals surface area (Å²) in [6.45, 7) is 7.58. The highest BCUT2D eigenvalue weighted by molar-refractivity contribution is 5.89. The Bertz CT molecular complexity index is 337. The van der Waals surface area contributed by atoms with Crippen LogP contribution in [0.1, 0.15) is 46.5 Å². The smallest absolute Gasteiger partial charge is 0.228 e. The first-order chi connectivity index (χ1) is 8.54. The molecule has 0 aromatic heterocycles. The molecule has 0 bridgehead atoms. The lowest BCUT2D eigenvalue weighted by molar-refractivity contribution is -0.136. The molecule has 0 aromatic rings. The minimum absolute atomic E-state index is 0.105. The predicted molar refractivity (Wildman–Crippen MR) is 70.0 cm³/mol. The highest BCUT2D eigenvalue weighted by atomic mass is 16.2. The number of carbonyl (C=O) groups excluding carboxylic acids is 2. The first-order valence-corrected chi connectivity index (χ1v) is 7.14. The van der Waals surface area contributed by atoms with E-state index in [0.717, 1.165) is 25.8 Å². The molecule has 0 radical (unpaired) electrons. The van der Waals surface area contributed by atoms with Crippen LogP contribution in [0.2, 0.25) is 0 Å². The molecule has 2 rings (SSSR count). The molecule has 1 atom stereocenters. The Morgan fingerprint density at radius 2 is 2.11 bits per heavy atom. The standard InChI is InChI=1S/C14H24N2O2/c1-4-7-15(12-5-6-12)14(18)11-8-13(17)16(9-11)10(2)3/h10-12H,4-9H2,1-3H3. The van der Waals surface area contributed by atoms with Gasteiger partial charge in [0.25, 0.3) is 0 Å². The van der Waals surface area contributed by atoms with Gasteiger partial charge in [0.15, 0.2) is 0 Å². The van der Waals surface area contributed by atoms with E-state index in [1.165, 1.54) is 0 Å². The van der Waals surface area contributed by atoms with Gasteiger partial charge in [0, 0.05) is 31.6 Å². The third kappa shape index (κ3) is 2.68. The first-order valence-electron chi connectivity index (χ1n) is 7.14. The van der Waals surface area contributed by atoms with Gasteiger partial charge < -0.3 is 9.80 Å². The van der Waals surface area contributed by atoms with Gasteiger partial charge >= 0.3 is 0 Å². The van der Waals surface area contributed by atoms with Gasteiger partial charge in [-0.1, -0.05) is 6.92 Å². The van der Waals surface area contributed by atoms with Crippen molar-refractivity contribution in [3.8, 4) is 0 Å². The summed E-state index contributed by atoms with van der Waals surface area (Å²) in [7, 11) is 0. The highest BCUT2D eigenvalue weighted by Gasteiger charge is 2.41. The van der Waals surface area contributed by atoms with Crippen LogP contribution in [0.25, 0.3) is 0 Å². The van der Waals surface area contributed by atoms with Crippen molar-refractivity contribution in [2.75, 3.05) is 13.1 Å². The van der Waals surface area contributed by atoms with Gasteiger partial charge in [-0.3, -0.25) is 9.59 Å². The quantitative estimate of drug-likeness (QED) is 0.746. The molecule has 4 heteroatoms. The molecule has 2 amide bonds. The average molecular weight is 252 g/mol. The summed E-state index contributed by atoms with van der Waals surface area (Å²) in [6.07, 6.45) is 3.68. The fourth-order valence-electron chi connectivity index (χ4n) is 2.73. The average Bonchev–Trinajstić information content (AvgIpc) is 3.07. The number of hydrogen-bond donors (Lipinski definition) is 0. The Morgan fingerprint density at radius 1 is 1.44 bits per heavy atom. The van der Waals surface area contributed by atoms with Crippen LogP contribution in [0.15, 0.2) is 0 Å². The van der Waals surface area contributed by atoms with E-state index in [1.807, 2.05) is 23.6 Å². The van der Waals surface area contributed by atoms with Gasteiger partial charge in [-0.15, -0.1) is 0 Å². The van der Waals surface area contributed by atoms with Crippen LogP contribution in [-0.2, 0) is 9.59 Å². The normalized spacial score (nSPS) is 23.9. The maximum absolute atomic E-state index is 12.5. The van der Waals surface area contributed by atoms with Crippen molar-refractivity contribution in [1.29, 1.82) is 0 Å². The molecule has 1 saturated heterocycles. The Balaban J connectivity index is 1.98. The van der Waals surface area contributed by atoms with Crippen LogP contribution >= 0.6 is 0 Å². The van der Waals surface area contributed by atoms with Crippen LogP contribution < -0.4 is 0 Å². The molecule has 2 fully saturated rings. The largest absolute Gasteiger partial charge is 0.339 e. The fraction of sp³-hybridized carbons (Fsp3) is 0.857. The zero-order chi connectivity index (χ0) is 13.3. The van der Waals surface area contributed by atoms with Crippen LogP contribution in [0.3, 0.4) is 0 Å². The van der Waals surface area contributed by atoms with Crippen molar-refractivity contribution >= 4 is 11.8 Å². The summed E-state index contributed by atoms with van der Waals surface area (Å²) < 4.78 is 0. The van der Waals surface area contributed by atoms with E-state index in [4.69, 9.17) is 0 Å². The van der Waals surface area contributed by atoms with Crippen molar-refractivity contribution in [2.24, 2.45) is 5.92 Å². The zero-order valence-electron chi connectivity index (χ0n) is 11.7. The molecular weight excluding hydrogens is 228 g/mol. The minimum atomic E-state index is -0.105. The summed E-state index contributed by atoms with van der Waals surface area (Å²) >= 11 is 0. The maximum atomic E-state index is 12.5. The van der Waals surface area contributed by atoms with Crippen molar-refractivity contribution < 1.29 is 9.59 Å². The number of nitrogens with zero attached hydrogens (tertiary/aromatic N) is 2. The van der Waals surface area contributed by atoms with E-state index in [-0.39, 0.29) is 23.8 Å². The molecule has 0 spiro atoms. The lowest BCUT2D eigenvalue weighted by Crippen LogP contribution is -2.40. The molecule has 4 nitrogen and oxygen atoms in total. The van der Waals surface area contributed by atoms with Gasteiger partial charge in [-0.2, -0.15) is 0 Å². The molecule has 1 unspecified atom stereocenters. The Labute approximate surface area is 109 Å². The summed E-state index contributed by atoms with van der Waals surface area (Å²) in [4.78, 5) is 28.2. The number of hydrogen-bond acceptors (Lipinski definition) is 2. The van der Waals surface area contributed by atoms with Gasteiger partial charge in [-0.25, -0.2) is 0 Å². The molecule has 1 heterocycles. The first kappa shape index (κ1) is 13.4. The van der Waals surface area contributed by atoms with E-state index in [1.54, 1.807) is 0 Å². The monoisotopic (exact) mass is 252 g/mol. The highest BCUT2D eigenvalue weighted by Crippen LogP contribution is 2.30. The molecular formula is C14H24N2O2. The lowest BCUT2D eigenvalue weighted by Gasteiger charge is -2.26. The van der Waals surface area contributed by atoms with E-state index >= 15 is 0 Å². The topological polar surface area (TPSA) is 40.6 Å². The predicted octanol–water partition coefficient (Wildman–Crippen LogP) is 1.64. The number of carbonyl (C=O) groups is 2. The number of rotatable bonds is 5. The lowest BCUT2D eigenvalue weighted by atomic mass is 10.1. The van der Waals surface area contributed by atoms with E-state index < -0.39 is 0 Å². The van der Waals surface area contributed by atoms with E-state index in [2.05, 4.69) is 6.92 Å². The second-order valence-electron chi connectivity index (χ2n) is 5.80. The van der Waals surface area contributed by atoms with Gasteiger partial charge in [-0.05, 0) is 33.1 Å². The van der Waals surface area contributed by atoms with Gasteiger partial charge in [0.05, 0.1) is 5.92 Å². The van der Waals surface area contributed by atoms with Crippen molar-refractivity contribution in [1.82, 2.24) is 9.80 Å². The fourth-order valence-corrected chi connectivity index (χ4v) is 2.73. The van der Waals surface area contributed by atoms with E-state index in [9.17, 15) is 9.59 Å². The van der Waals surface area contributed by atoms with Crippen molar-refractivity contribution in [2.45, 2.75) is 58.5 Å². The molecule has 1 saturated carbocycles. The maximum Gasteiger partial charge on any atom is 0.228 e. The van der Waals surface area contributed by atoms with E-state index in [0.29, 0.717) is 19.0 Å². The summed E-state index contributed by atoms with van der Waals surface area (Å²) in [5, 5.41) is 0. The Kier molecular flexibility index (Phi) is 3.93. The number of likely N-dealkylation sites (tertiary alicyclic amines) is 1. The zero-order valence-corrected chi connectivity index (χ0v) is 11.7. The molecule has 1 aliphatic heterocycles. The minimum Gasteiger partial charge on any atom is -0.339 e. The third-order valence-corrected chi connectivity index (χ3v) is 3.87. The third-order valence-electron chi connectivity index (χ3n) is 3.87. The van der Waals surface area contributed by atoms with Gasteiger partial charge in [0.2, 0.25) is 11.8 Å². The molecule has 0 N–H and O–H groups in total. The second kappa shape index (κ2) is 5.29. The van der Waals surface area contributed by atoms with Crippen LogP contribution in [0, 0.1) is 5.92 Å². The molecule has 18 heavy (non-hydrogen) atoms. The Hall–Kier alpha value is -1.06. The van der Waals surface area contributed by atoms with Crippen molar-refractivity contribution in [3.05, 3.63) is 0 Å². The van der Waals surface area contributed by atoms with Crippen LogP contribution in [-0.4, -0.2) is 46.8 Å². The molecule has 2 aliphatic rings. The summed E-state index contributed by atoms with van der Waals surface area (Å²) in [5.41, 5.74) is 0. The molecule has 0 aromatic carbocycles. The second-order valence-corrected chi connectivity index (χ2v) is 5.80. The van der Waals surface area contributed by atoms with Gasteiger partial charge in [0.1, 0.15) is 0 Å². The van der Waals surface area contributed by atoms with Crippen molar-refractivity contribution in [3.63, 3.8) is 0 Å². The molecule has 1 aliphatic carbocycles. The summed E-state index contributed by atoms with van der Waals surface area (Å²) in [5.74, 6) is 0.235. The SMILES string of the molecule is CCCN(C(=O)C1CC(=O)N(C(C)C)C1)C1CC1. The number of amides is 2. The van der Waals surface area contributed by atoms with Crippen LogP contribution in [0.5, 0.6) is 0 Å². The summed E-state index contributed by atoms with van der Waals surface area (Å²) in [6, 6.07) is 0.663. The molecule has 102 valence electrons. The van der Waals surface area contributed by atoms with Crippen LogP contribution in [0.4, 0.5) is 0 Å².